The number of hydrogen-bond acceptors (Lipinski definition) is 5. The lowest BCUT2D eigenvalue weighted by Gasteiger charge is -1.93. The standard InChI is InChI=1S/C10H9FN4O/c11-6-1-4-8(12-5-6)9-14-10(16-15-9)13-7-2-3-7/h1,4-5,7H,2-3H2,(H,13,14,15). The lowest BCUT2D eigenvalue weighted by atomic mass is 10.3. The van der Waals surface area contributed by atoms with Crippen molar-refractivity contribution in [2.45, 2.75) is 18.9 Å². The Kier molecular flexibility index (Phi) is 2.05. The van der Waals surface area contributed by atoms with Gasteiger partial charge in [0.15, 0.2) is 0 Å². The van der Waals surface area contributed by atoms with Crippen LogP contribution in [0.5, 0.6) is 0 Å². The van der Waals surface area contributed by atoms with Crippen LogP contribution in [0.3, 0.4) is 0 Å². The number of anilines is 1. The van der Waals surface area contributed by atoms with Crippen LogP contribution in [0.4, 0.5) is 10.4 Å². The van der Waals surface area contributed by atoms with Gasteiger partial charge in [-0.15, -0.1) is 0 Å². The van der Waals surface area contributed by atoms with Crippen molar-refractivity contribution >= 4 is 6.01 Å². The highest BCUT2D eigenvalue weighted by molar-refractivity contribution is 5.49. The number of pyridine rings is 1. The average molecular weight is 220 g/mol. The summed E-state index contributed by atoms with van der Waals surface area (Å²) >= 11 is 0. The molecule has 0 aromatic carbocycles. The van der Waals surface area contributed by atoms with Gasteiger partial charge in [0.05, 0.1) is 6.20 Å². The van der Waals surface area contributed by atoms with Crippen LogP contribution in [0.2, 0.25) is 0 Å². The van der Waals surface area contributed by atoms with E-state index in [0.29, 0.717) is 23.6 Å². The second-order valence-corrected chi connectivity index (χ2v) is 3.70. The Hall–Kier alpha value is -1.98. The third-order valence-electron chi connectivity index (χ3n) is 2.29. The van der Waals surface area contributed by atoms with Gasteiger partial charge in [0, 0.05) is 6.04 Å². The maximum absolute atomic E-state index is 12.6. The molecule has 1 saturated carbocycles. The maximum atomic E-state index is 12.6. The molecule has 0 atom stereocenters. The topological polar surface area (TPSA) is 63.8 Å². The molecule has 5 nitrogen and oxygen atoms in total. The van der Waals surface area contributed by atoms with E-state index in [9.17, 15) is 4.39 Å². The van der Waals surface area contributed by atoms with E-state index in [1.165, 1.54) is 12.1 Å². The molecule has 0 bridgehead atoms. The van der Waals surface area contributed by atoms with Crippen molar-refractivity contribution in [1.82, 2.24) is 15.1 Å². The number of rotatable bonds is 3. The number of halogens is 1. The summed E-state index contributed by atoms with van der Waals surface area (Å²) in [6, 6.07) is 3.67. The van der Waals surface area contributed by atoms with E-state index in [4.69, 9.17) is 4.52 Å². The fourth-order valence-corrected chi connectivity index (χ4v) is 1.30. The first-order valence-electron chi connectivity index (χ1n) is 5.03. The predicted octanol–water partition coefficient (Wildman–Crippen LogP) is 1.84. The van der Waals surface area contributed by atoms with Gasteiger partial charge in [-0.1, -0.05) is 5.16 Å². The fourth-order valence-electron chi connectivity index (χ4n) is 1.30. The van der Waals surface area contributed by atoms with Crippen molar-refractivity contribution in [3.05, 3.63) is 24.1 Å². The Morgan fingerprint density at radius 3 is 2.94 bits per heavy atom. The van der Waals surface area contributed by atoms with Gasteiger partial charge in [-0.05, 0) is 25.0 Å². The van der Waals surface area contributed by atoms with Crippen LogP contribution in [0.25, 0.3) is 11.5 Å². The Morgan fingerprint density at radius 1 is 1.38 bits per heavy atom. The molecule has 3 rings (SSSR count). The largest absolute Gasteiger partial charge is 0.335 e. The molecule has 2 heterocycles. The van der Waals surface area contributed by atoms with Crippen molar-refractivity contribution in [2.24, 2.45) is 0 Å². The first-order chi connectivity index (χ1) is 7.81. The second-order valence-electron chi connectivity index (χ2n) is 3.70. The molecule has 16 heavy (non-hydrogen) atoms. The summed E-state index contributed by atoms with van der Waals surface area (Å²) in [6.07, 6.45) is 3.39. The zero-order valence-corrected chi connectivity index (χ0v) is 8.35. The number of nitrogens with zero attached hydrogens (tertiary/aromatic N) is 3. The lowest BCUT2D eigenvalue weighted by molar-refractivity contribution is 0.431. The van der Waals surface area contributed by atoms with Crippen LogP contribution >= 0.6 is 0 Å². The molecule has 2 aromatic rings. The summed E-state index contributed by atoms with van der Waals surface area (Å²) in [6.45, 7) is 0. The minimum absolute atomic E-state index is 0.364. The first kappa shape index (κ1) is 9.26. The van der Waals surface area contributed by atoms with Crippen molar-refractivity contribution < 1.29 is 8.91 Å². The molecule has 1 aliphatic rings. The molecule has 1 aliphatic carbocycles. The van der Waals surface area contributed by atoms with E-state index in [0.717, 1.165) is 19.0 Å². The van der Waals surface area contributed by atoms with Crippen molar-refractivity contribution in [1.29, 1.82) is 0 Å². The molecule has 6 heteroatoms. The van der Waals surface area contributed by atoms with E-state index in [1.54, 1.807) is 0 Å². The molecule has 0 amide bonds. The van der Waals surface area contributed by atoms with Gasteiger partial charge in [-0.25, -0.2) is 9.37 Å². The molecule has 0 aliphatic heterocycles. The Bertz CT molecular complexity index is 492. The van der Waals surface area contributed by atoms with Crippen molar-refractivity contribution in [2.75, 3.05) is 5.32 Å². The monoisotopic (exact) mass is 220 g/mol. The van der Waals surface area contributed by atoms with Crippen molar-refractivity contribution in [3.63, 3.8) is 0 Å². The molecule has 0 unspecified atom stereocenters. The number of nitrogens with one attached hydrogen (secondary N) is 1. The highest BCUT2D eigenvalue weighted by atomic mass is 19.1. The third kappa shape index (κ3) is 1.86. The predicted molar refractivity (Wildman–Crippen MR) is 54.1 cm³/mol. The molecule has 1 N–H and O–H groups in total. The summed E-state index contributed by atoms with van der Waals surface area (Å²) in [7, 11) is 0. The summed E-state index contributed by atoms with van der Waals surface area (Å²) in [4.78, 5) is 7.99. The van der Waals surface area contributed by atoms with E-state index in [2.05, 4.69) is 20.4 Å². The zero-order valence-electron chi connectivity index (χ0n) is 8.35. The van der Waals surface area contributed by atoms with Gasteiger partial charge < -0.3 is 9.84 Å². The lowest BCUT2D eigenvalue weighted by Crippen LogP contribution is -2.00. The van der Waals surface area contributed by atoms with E-state index in [1.807, 2.05) is 0 Å². The molecular formula is C10H9FN4O. The molecule has 0 spiro atoms. The molecule has 2 aromatic heterocycles. The SMILES string of the molecule is Fc1ccc(-c2noc(NC3CC3)n2)nc1. The van der Waals surface area contributed by atoms with Gasteiger partial charge in [0.25, 0.3) is 0 Å². The summed E-state index contributed by atoms with van der Waals surface area (Å²) < 4.78 is 17.6. The molecular weight excluding hydrogens is 211 g/mol. The van der Waals surface area contributed by atoms with Gasteiger partial charge in [-0.2, -0.15) is 4.98 Å². The van der Waals surface area contributed by atoms with Crippen LogP contribution in [-0.4, -0.2) is 21.2 Å². The van der Waals surface area contributed by atoms with Gasteiger partial charge in [0.1, 0.15) is 11.5 Å². The highest BCUT2D eigenvalue weighted by Gasteiger charge is 2.23. The summed E-state index contributed by atoms with van der Waals surface area (Å²) in [5.74, 6) is -0.0216. The molecule has 1 fully saturated rings. The van der Waals surface area contributed by atoms with Crippen LogP contribution < -0.4 is 5.32 Å². The number of hydrogen-bond donors (Lipinski definition) is 1. The highest BCUT2D eigenvalue weighted by Crippen LogP contribution is 2.24. The van der Waals surface area contributed by atoms with Crippen LogP contribution in [0, 0.1) is 5.82 Å². The minimum atomic E-state index is -0.386. The fraction of sp³-hybridized carbons (Fsp3) is 0.300. The van der Waals surface area contributed by atoms with E-state index < -0.39 is 0 Å². The Morgan fingerprint density at radius 2 is 2.25 bits per heavy atom. The zero-order chi connectivity index (χ0) is 11.0. The van der Waals surface area contributed by atoms with Gasteiger partial charge in [0.2, 0.25) is 5.82 Å². The van der Waals surface area contributed by atoms with E-state index >= 15 is 0 Å². The smallest absolute Gasteiger partial charge is 0.322 e. The number of aromatic nitrogens is 3. The minimum Gasteiger partial charge on any atom is -0.335 e. The van der Waals surface area contributed by atoms with Crippen LogP contribution in [0.1, 0.15) is 12.8 Å². The van der Waals surface area contributed by atoms with E-state index in [-0.39, 0.29) is 5.82 Å². The Balaban J connectivity index is 1.82. The maximum Gasteiger partial charge on any atom is 0.322 e. The summed E-state index contributed by atoms with van der Waals surface area (Å²) in [5, 5.41) is 6.84. The quantitative estimate of drug-likeness (QED) is 0.855. The second kappa shape index (κ2) is 3.55. The van der Waals surface area contributed by atoms with Crippen LogP contribution in [-0.2, 0) is 0 Å². The average Bonchev–Trinajstić information content (AvgIpc) is 2.97. The van der Waals surface area contributed by atoms with Gasteiger partial charge >= 0.3 is 6.01 Å². The third-order valence-corrected chi connectivity index (χ3v) is 2.29. The molecule has 0 saturated heterocycles. The molecule has 82 valence electrons. The first-order valence-corrected chi connectivity index (χ1v) is 5.03. The normalized spacial score (nSPS) is 15.1. The molecule has 0 radical (unpaired) electrons. The van der Waals surface area contributed by atoms with Gasteiger partial charge in [-0.3, -0.25) is 0 Å². The van der Waals surface area contributed by atoms with Crippen LogP contribution in [0.15, 0.2) is 22.9 Å². The Labute approximate surface area is 90.7 Å². The summed E-state index contributed by atoms with van der Waals surface area (Å²) in [5.41, 5.74) is 0.494. The van der Waals surface area contributed by atoms with Crippen molar-refractivity contribution in [3.8, 4) is 11.5 Å².